The van der Waals surface area contributed by atoms with Crippen LogP contribution in [-0.4, -0.2) is 42.3 Å². The van der Waals surface area contributed by atoms with Gasteiger partial charge in [-0.05, 0) is 77.1 Å². The van der Waals surface area contributed by atoms with Crippen LogP contribution in [0.1, 0.15) is 12.8 Å². The number of rotatable bonds is 12. The second-order valence-corrected chi connectivity index (χ2v) is 13.6. The third-order valence-electron chi connectivity index (χ3n) is 10.6. The molecule has 9 aromatic rings. The van der Waals surface area contributed by atoms with Crippen molar-refractivity contribution in [2.45, 2.75) is 12.8 Å². The van der Waals surface area contributed by atoms with Crippen LogP contribution < -0.4 is 35.3 Å². The number of fused-ring (bicyclic) bond motifs is 10. The maximum atomic E-state index is 6.24. The van der Waals surface area contributed by atoms with E-state index in [-0.39, 0.29) is 6.71 Å². The minimum Gasteiger partial charge on any atom is -0.493 e. The SMILES string of the molecule is c1coc(OCCCOc2ccc3c(c2)c2cccc4c2n3-c2cccc3c2B4c2cccc4c5cc(OCCCOc6ccco6)ccc5n-3c24)c1. The fraction of sp³-hybridized carbons (Fsp3) is 0.136. The van der Waals surface area contributed by atoms with Gasteiger partial charge in [-0.2, -0.15) is 0 Å². The lowest BCUT2D eigenvalue weighted by atomic mass is 9.34. The molecule has 0 bridgehead atoms. The van der Waals surface area contributed by atoms with E-state index in [1.165, 1.54) is 71.4 Å². The van der Waals surface area contributed by atoms with Crippen LogP contribution in [0.3, 0.4) is 0 Å². The van der Waals surface area contributed by atoms with Gasteiger partial charge < -0.3 is 36.9 Å². The van der Waals surface area contributed by atoms with E-state index in [2.05, 4.69) is 100 Å². The van der Waals surface area contributed by atoms with E-state index in [0.29, 0.717) is 38.3 Å². The molecule has 0 saturated carbocycles. The van der Waals surface area contributed by atoms with E-state index in [9.17, 15) is 0 Å². The largest absolute Gasteiger partial charge is 0.493 e. The zero-order chi connectivity index (χ0) is 34.9. The molecule has 9 heteroatoms. The Labute approximate surface area is 304 Å². The highest BCUT2D eigenvalue weighted by Crippen LogP contribution is 2.40. The van der Waals surface area contributed by atoms with Gasteiger partial charge in [-0.25, -0.2) is 0 Å². The summed E-state index contributed by atoms with van der Waals surface area (Å²) in [7, 11) is 0. The third kappa shape index (κ3) is 4.70. The Balaban J connectivity index is 0.963. The maximum Gasteiger partial charge on any atom is 0.284 e. The second-order valence-electron chi connectivity index (χ2n) is 13.6. The minimum absolute atomic E-state index is 0.0944. The third-order valence-corrected chi connectivity index (χ3v) is 10.6. The molecule has 53 heavy (non-hydrogen) atoms. The lowest BCUT2D eigenvalue weighted by molar-refractivity contribution is 0.210. The summed E-state index contributed by atoms with van der Waals surface area (Å²) in [5.74, 6) is 2.77. The van der Waals surface area contributed by atoms with Crippen molar-refractivity contribution in [3.05, 3.63) is 128 Å². The Morgan fingerprint density at radius 1 is 0.472 bits per heavy atom. The highest BCUT2D eigenvalue weighted by molar-refractivity contribution is 7.00. The van der Waals surface area contributed by atoms with Crippen LogP contribution in [0.2, 0.25) is 0 Å². The van der Waals surface area contributed by atoms with Gasteiger partial charge in [0, 0.05) is 68.9 Å². The predicted molar refractivity (Wildman–Crippen MR) is 208 cm³/mol. The van der Waals surface area contributed by atoms with Crippen molar-refractivity contribution in [3.8, 4) is 34.8 Å². The molecule has 0 fully saturated rings. The molecule has 5 aromatic carbocycles. The molecule has 2 aliphatic rings. The van der Waals surface area contributed by atoms with Gasteiger partial charge in [-0.1, -0.05) is 42.5 Å². The molecule has 0 N–H and O–H groups in total. The lowest BCUT2D eigenvalue weighted by Gasteiger charge is -2.33. The standard InChI is InChI=1S/C44H33BN2O6/c1-8-30-32-26-28(48-22-6-24-52-40-14-4-20-50-40)16-18-36(32)46-38-12-3-13-39-42(38)45(34(10-1)43(30)46)35-11-2-9-31-33-27-29(17-19-37(33)47(39)44(31)35)49-23-7-25-53-41-15-5-21-51-41/h1-5,8-21,26-27H,6-7,22-25H2. The number of hydrogen-bond donors (Lipinski definition) is 0. The number of furan rings is 2. The van der Waals surface area contributed by atoms with Crippen LogP contribution in [-0.2, 0) is 0 Å². The molecule has 258 valence electrons. The fourth-order valence-corrected chi connectivity index (χ4v) is 8.54. The molecule has 0 unspecified atom stereocenters. The number of para-hydroxylation sites is 2. The van der Waals surface area contributed by atoms with Crippen molar-refractivity contribution in [1.82, 2.24) is 9.13 Å². The van der Waals surface area contributed by atoms with Crippen molar-refractivity contribution >= 4 is 66.7 Å². The Hall–Kier alpha value is -6.48. The van der Waals surface area contributed by atoms with Crippen molar-refractivity contribution < 1.29 is 27.8 Å². The van der Waals surface area contributed by atoms with Gasteiger partial charge in [0.25, 0.3) is 18.6 Å². The summed E-state index contributed by atoms with van der Waals surface area (Å²) in [5.41, 5.74) is 11.3. The van der Waals surface area contributed by atoms with E-state index in [1.54, 1.807) is 12.5 Å². The molecule has 4 aromatic heterocycles. The van der Waals surface area contributed by atoms with Crippen LogP contribution in [0.15, 0.2) is 137 Å². The van der Waals surface area contributed by atoms with Crippen molar-refractivity contribution in [1.29, 1.82) is 0 Å². The normalized spacial score (nSPS) is 12.6. The number of nitrogens with zero attached hydrogens (tertiary/aromatic N) is 2. The first-order chi connectivity index (χ1) is 26.3. The molecule has 8 nitrogen and oxygen atoms in total. The zero-order valence-electron chi connectivity index (χ0n) is 28.8. The predicted octanol–water partition coefficient (Wildman–Crippen LogP) is 7.91. The molecule has 0 saturated heterocycles. The van der Waals surface area contributed by atoms with Crippen molar-refractivity contribution in [2.75, 3.05) is 26.4 Å². The van der Waals surface area contributed by atoms with E-state index in [0.717, 1.165) is 24.3 Å². The van der Waals surface area contributed by atoms with Gasteiger partial charge >= 0.3 is 0 Å². The van der Waals surface area contributed by atoms with Crippen LogP contribution in [0.25, 0.3) is 55.0 Å². The monoisotopic (exact) mass is 696 g/mol. The van der Waals surface area contributed by atoms with Gasteiger partial charge in [0.1, 0.15) is 11.5 Å². The highest BCUT2D eigenvalue weighted by Gasteiger charge is 2.40. The average Bonchev–Trinajstić information content (AvgIpc) is 4.02. The topological polar surface area (TPSA) is 73.1 Å². The van der Waals surface area contributed by atoms with Crippen LogP contribution in [0.5, 0.6) is 23.4 Å². The van der Waals surface area contributed by atoms with Crippen molar-refractivity contribution in [2.24, 2.45) is 0 Å². The van der Waals surface area contributed by atoms with Crippen LogP contribution >= 0.6 is 0 Å². The molecule has 0 amide bonds. The van der Waals surface area contributed by atoms with Gasteiger partial charge in [0.05, 0.1) is 50.0 Å². The Bertz CT molecular complexity index is 2630. The molecule has 0 atom stereocenters. The molecule has 0 aliphatic carbocycles. The average molecular weight is 697 g/mol. The quantitative estimate of drug-likeness (QED) is 0.0956. The summed E-state index contributed by atoms with van der Waals surface area (Å²) in [6, 6.07) is 40.6. The Morgan fingerprint density at radius 3 is 1.45 bits per heavy atom. The minimum atomic E-state index is 0.0944. The number of benzene rings is 5. The molecule has 0 radical (unpaired) electrons. The van der Waals surface area contributed by atoms with Gasteiger partial charge in [0.2, 0.25) is 0 Å². The lowest BCUT2D eigenvalue weighted by Crippen LogP contribution is -2.59. The van der Waals surface area contributed by atoms with Gasteiger partial charge in [-0.15, -0.1) is 0 Å². The van der Waals surface area contributed by atoms with Crippen molar-refractivity contribution in [3.63, 3.8) is 0 Å². The zero-order valence-corrected chi connectivity index (χ0v) is 28.8. The van der Waals surface area contributed by atoms with Gasteiger partial charge in [-0.3, -0.25) is 0 Å². The summed E-state index contributed by atoms with van der Waals surface area (Å²) in [5, 5.41) is 4.83. The van der Waals surface area contributed by atoms with Crippen LogP contribution in [0, 0.1) is 0 Å². The van der Waals surface area contributed by atoms with E-state index >= 15 is 0 Å². The first-order valence-electron chi connectivity index (χ1n) is 18.2. The molecular weight excluding hydrogens is 663 g/mol. The summed E-state index contributed by atoms with van der Waals surface area (Å²) < 4.78 is 39.3. The first kappa shape index (κ1) is 30.2. The molecule has 6 heterocycles. The summed E-state index contributed by atoms with van der Waals surface area (Å²) in [4.78, 5) is 0. The Kier molecular flexibility index (Phi) is 6.86. The fourth-order valence-electron chi connectivity index (χ4n) is 8.54. The first-order valence-corrected chi connectivity index (χ1v) is 18.2. The molecule has 2 aliphatic heterocycles. The van der Waals surface area contributed by atoms with E-state index < -0.39 is 0 Å². The van der Waals surface area contributed by atoms with E-state index in [1.807, 2.05) is 24.3 Å². The smallest absolute Gasteiger partial charge is 0.284 e. The molecular formula is C44H33BN2O6. The number of ether oxygens (including phenoxy) is 4. The second kappa shape index (κ2) is 12.1. The molecule has 0 spiro atoms. The summed E-state index contributed by atoms with van der Waals surface area (Å²) in [6.07, 6.45) is 4.73. The van der Waals surface area contributed by atoms with Gasteiger partial charge in [0.15, 0.2) is 0 Å². The maximum absolute atomic E-state index is 6.24. The number of aromatic nitrogens is 2. The summed E-state index contributed by atoms with van der Waals surface area (Å²) in [6.45, 7) is 2.26. The van der Waals surface area contributed by atoms with Crippen LogP contribution in [0.4, 0.5) is 0 Å². The number of hydrogen-bond acceptors (Lipinski definition) is 6. The molecule has 11 rings (SSSR count). The highest BCUT2D eigenvalue weighted by atomic mass is 16.6. The van der Waals surface area contributed by atoms with E-state index in [4.69, 9.17) is 27.8 Å². The summed E-state index contributed by atoms with van der Waals surface area (Å²) >= 11 is 0. The Morgan fingerprint density at radius 2 is 0.962 bits per heavy atom.